The number of hydrogen-bond acceptors (Lipinski definition) is 6. The largest absolute Gasteiger partial charge is 0.493 e. The fraction of sp³-hybridized carbons (Fsp3) is 0.350. The van der Waals surface area contributed by atoms with Gasteiger partial charge in [0.25, 0.3) is 11.6 Å². The summed E-state index contributed by atoms with van der Waals surface area (Å²) in [6.07, 6.45) is 2.22. The fourth-order valence-electron chi connectivity index (χ4n) is 3.09. The first kappa shape index (κ1) is 20.9. The topological polar surface area (TPSA) is 108 Å². The van der Waals surface area contributed by atoms with Gasteiger partial charge in [-0.2, -0.15) is 0 Å². The van der Waals surface area contributed by atoms with Crippen molar-refractivity contribution in [2.24, 2.45) is 5.73 Å². The Balaban J connectivity index is 1.75. The highest BCUT2D eigenvalue weighted by molar-refractivity contribution is 6.32. The molecule has 3 rings (SSSR count). The molecule has 1 aliphatic rings. The summed E-state index contributed by atoms with van der Waals surface area (Å²) < 4.78 is 10.7. The predicted molar refractivity (Wildman–Crippen MR) is 108 cm³/mol. The minimum absolute atomic E-state index is 0.0785. The van der Waals surface area contributed by atoms with Gasteiger partial charge in [0.1, 0.15) is 0 Å². The van der Waals surface area contributed by atoms with Gasteiger partial charge in [-0.1, -0.05) is 23.7 Å². The maximum absolute atomic E-state index is 11.0. The second kappa shape index (κ2) is 9.11. The minimum Gasteiger partial charge on any atom is -0.493 e. The number of amides is 1. The Hall–Kier alpha value is -2.84. The van der Waals surface area contributed by atoms with Gasteiger partial charge in [0.05, 0.1) is 17.1 Å². The number of nitro groups is 1. The van der Waals surface area contributed by atoms with Crippen LogP contribution >= 0.6 is 11.6 Å². The quantitative estimate of drug-likeness (QED) is 0.467. The second-order valence-electron chi connectivity index (χ2n) is 6.92. The van der Waals surface area contributed by atoms with Crippen molar-refractivity contribution in [3.8, 4) is 11.5 Å². The van der Waals surface area contributed by atoms with Crippen LogP contribution in [0.5, 0.6) is 11.5 Å². The van der Waals surface area contributed by atoms with Crippen LogP contribution in [-0.4, -0.2) is 35.5 Å². The molecule has 2 aromatic carbocycles. The van der Waals surface area contributed by atoms with E-state index >= 15 is 0 Å². The van der Waals surface area contributed by atoms with Crippen LogP contribution in [0.1, 0.15) is 24.0 Å². The summed E-state index contributed by atoms with van der Waals surface area (Å²) in [6.45, 7) is 1.01. The van der Waals surface area contributed by atoms with Gasteiger partial charge in [-0.05, 0) is 36.1 Å². The number of halogens is 1. The van der Waals surface area contributed by atoms with E-state index in [0.29, 0.717) is 29.9 Å². The lowest BCUT2D eigenvalue weighted by Crippen LogP contribution is -2.25. The van der Waals surface area contributed by atoms with E-state index in [9.17, 15) is 14.9 Å². The van der Waals surface area contributed by atoms with Crippen molar-refractivity contribution in [2.45, 2.75) is 32.0 Å². The number of nitrogens with zero attached hydrogens (tertiary/aromatic N) is 2. The monoisotopic (exact) mass is 419 g/mol. The van der Waals surface area contributed by atoms with E-state index in [4.69, 9.17) is 26.8 Å². The molecule has 8 nitrogen and oxygen atoms in total. The Morgan fingerprint density at radius 2 is 1.90 bits per heavy atom. The average molecular weight is 420 g/mol. The normalized spacial score (nSPS) is 13.3. The molecule has 0 aromatic heterocycles. The fourth-order valence-corrected chi connectivity index (χ4v) is 3.38. The lowest BCUT2D eigenvalue weighted by Gasteiger charge is -2.23. The first-order valence-corrected chi connectivity index (χ1v) is 9.50. The van der Waals surface area contributed by atoms with Crippen molar-refractivity contribution in [1.82, 2.24) is 4.90 Å². The van der Waals surface area contributed by atoms with Gasteiger partial charge in [0.15, 0.2) is 18.1 Å². The SMILES string of the molecule is COc1cc(CN(Cc2ccc([N+](=O)[O-])cc2)C2CC2)cc(Cl)c1OCC(N)=O. The van der Waals surface area contributed by atoms with E-state index < -0.39 is 10.8 Å². The molecular weight excluding hydrogens is 398 g/mol. The molecule has 0 radical (unpaired) electrons. The highest BCUT2D eigenvalue weighted by Gasteiger charge is 2.29. The number of nitro benzene ring substituents is 1. The van der Waals surface area contributed by atoms with Gasteiger partial charge in [0.2, 0.25) is 0 Å². The Kier molecular flexibility index (Phi) is 6.56. The summed E-state index contributed by atoms with van der Waals surface area (Å²) in [4.78, 5) is 23.7. The van der Waals surface area contributed by atoms with E-state index in [1.807, 2.05) is 6.07 Å². The van der Waals surface area contributed by atoms with E-state index in [0.717, 1.165) is 24.0 Å². The molecule has 1 aliphatic carbocycles. The molecule has 0 aliphatic heterocycles. The van der Waals surface area contributed by atoms with Crippen molar-refractivity contribution in [3.05, 3.63) is 62.7 Å². The molecule has 2 aromatic rings. The molecule has 0 bridgehead atoms. The summed E-state index contributed by atoms with van der Waals surface area (Å²) in [7, 11) is 1.50. The number of nitrogens with two attached hydrogens (primary N) is 1. The van der Waals surface area contributed by atoms with E-state index in [1.165, 1.54) is 19.2 Å². The molecule has 0 heterocycles. The van der Waals surface area contributed by atoms with E-state index in [2.05, 4.69) is 4.90 Å². The van der Waals surface area contributed by atoms with E-state index in [1.54, 1.807) is 18.2 Å². The van der Waals surface area contributed by atoms with E-state index in [-0.39, 0.29) is 18.0 Å². The molecular formula is C20H22ClN3O5. The van der Waals surface area contributed by atoms with Gasteiger partial charge in [0, 0.05) is 31.3 Å². The van der Waals surface area contributed by atoms with Crippen molar-refractivity contribution >= 4 is 23.2 Å². The van der Waals surface area contributed by atoms with Gasteiger partial charge in [-0.25, -0.2) is 0 Å². The molecule has 29 heavy (non-hydrogen) atoms. The predicted octanol–water partition coefficient (Wildman–Crippen LogP) is 3.29. The van der Waals surface area contributed by atoms with Gasteiger partial charge in [-0.15, -0.1) is 0 Å². The number of non-ortho nitro benzene ring substituents is 1. The number of rotatable bonds is 10. The standard InChI is InChI=1S/C20H22ClN3O5/c1-28-18-9-14(8-17(21)20(18)29-12-19(22)25)11-23(15-6-7-15)10-13-2-4-16(5-3-13)24(26)27/h2-5,8-9,15H,6-7,10-12H2,1H3,(H2,22,25). The van der Waals surface area contributed by atoms with Crippen LogP contribution in [0.25, 0.3) is 0 Å². The second-order valence-corrected chi connectivity index (χ2v) is 7.33. The molecule has 2 N–H and O–H groups in total. The molecule has 1 saturated carbocycles. The molecule has 0 spiro atoms. The molecule has 9 heteroatoms. The first-order chi connectivity index (χ1) is 13.9. The number of carbonyl (C=O) groups excluding carboxylic acids is 1. The average Bonchev–Trinajstić information content (AvgIpc) is 3.51. The number of benzene rings is 2. The number of ether oxygens (including phenoxy) is 2. The number of carbonyl (C=O) groups is 1. The molecule has 154 valence electrons. The van der Waals surface area contributed by atoms with Gasteiger partial charge >= 0.3 is 0 Å². The maximum Gasteiger partial charge on any atom is 0.269 e. The third kappa shape index (κ3) is 5.58. The summed E-state index contributed by atoms with van der Waals surface area (Å²) in [5.74, 6) is 0.111. The van der Waals surface area contributed by atoms with Gasteiger partial charge < -0.3 is 15.2 Å². The molecule has 0 unspecified atom stereocenters. The summed E-state index contributed by atoms with van der Waals surface area (Å²) in [5.41, 5.74) is 7.14. The van der Waals surface area contributed by atoms with Gasteiger partial charge in [-0.3, -0.25) is 19.8 Å². The molecule has 0 atom stereocenters. The number of hydrogen-bond donors (Lipinski definition) is 1. The van der Waals surface area contributed by atoms with Crippen LogP contribution in [0.15, 0.2) is 36.4 Å². The lowest BCUT2D eigenvalue weighted by molar-refractivity contribution is -0.384. The minimum atomic E-state index is -0.602. The smallest absolute Gasteiger partial charge is 0.269 e. The summed E-state index contributed by atoms with van der Waals surface area (Å²) in [5, 5.41) is 11.2. The maximum atomic E-state index is 11.0. The third-order valence-corrected chi connectivity index (χ3v) is 4.91. The highest BCUT2D eigenvalue weighted by atomic mass is 35.5. The highest BCUT2D eigenvalue weighted by Crippen LogP contribution is 2.38. The van der Waals surface area contributed by atoms with Crippen LogP contribution in [0, 0.1) is 10.1 Å². The molecule has 1 amide bonds. The zero-order valence-corrected chi connectivity index (χ0v) is 16.7. The lowest BCUT2D eigenvalue weighted by atomic mass is 10.1. The van der Waals surface area contributed by atoms with Crippen molar-refractivity contribution in [3.63, 3.8) is 0 Å². The zero-order chi connectivity index (χ0) is 21.0. The first-order valence-electron chi connectivity index (χ1n) is 9.12. The molecule has 0 saturated heterocycles. The Morgan fingerprint density at radius 3 is 2.45 bits per heavy atom. The Labute approximate surface area is 173 Å². The van der Waals surface area contributed by atoms with Crippen LogP contribution in [0.2, 0.25) is 5.02 Å². The van der Waals surface area contributed by atoms with Crippen molar-refractivity contribution in [2.75, 3.05) is 13.7 Å². The van der Waals surface area contributed by atoms with Crippen molar-refractivity contribution in [1.29, 1.82) is 0 Å². The van der Waals surface area contributed by atoms with Crippen molar-refractivity contribution < 1.29 is 19.2 Å². The van der Waals surface area contributed by atoms with Crippen LogP contribution in [-0.2, 0) is 17.9 Å². The molecule has 1 fully saturated rings. The number of primary amides is 1. The summed E-state index contributed by atoms with van der Waals surface area (Å²) >= 11 is 6.34. The Morgan fingerprint density at radius 1 is 1.24 bits per heavy atom. The number of methoxy groups -OCH3 is 1. The Bertz CT molecular complexity index is 900. The van der Waals surface area contributed by atoms with Crippen LogP contribution < -0.4 is 15.2 Å². The zero-order valence-electron chi connectivity index (χ0n) is 16.0. The van der Waals surface area contributed by atoms with Crippen LogP contribution in [0.3, 0.4) is 0 Å². The van der Waals surface area contributed by atoms with Crippen LogP contribution in [0.4, 0.5) is 5.69 Å². The third-order valence-electron chi connectivity index (χ3n) is 4.63. The summed E-state index contributed by atoms with van der Waals surface area (Å²) in [6, 6.07) is 10.7.